The number of fused-ring (bicyclic) bond motifs is 1. The molecule has 3 aromatic rings. The number of hydrogen-bond acceptors (Lipinski definition) is 5. The number of carbonyl (C=O) groups is 1. The lowest BCUT2D eigenvalue weighted by Gasteiger charge is -2.11. The molecule has 1 amide bonds. The Hall–Kier alpha value is -3.54. The second kappa shape index (κ2) is 7.78. The molecule has 0 bridgehead atoms. The van der Waals surface area contributed by atoms with Gasteiger partial charge in [0.2, 0.25) is 5.76 Å². The van der Waals surface area contributed by atoms with Gasteiger partial charge in [0.15, 0.2) is 0 Å². The summed E-state index contributed by atoms with van der Waals surface area (Å²) in [7, 11) is 2.91. The molecule has 0 aliphatic heterocycles. The predicted octanol–water partition coefficient (Wildman–Crippen LogP) is 3.38. The minimum Gasteiger partial charge on any atom is -0.500 e. The average molecular weight is 365 g/mol. The zero-order chi connectivity index (χ0) is 19.4. The number of methoxy groups -OCH3 is 1. The second-order valence-corrected chi connectivity index (χ2v) is 5.85. The smallest absolute Gasteiger partial charge is 0.336 e. The summed E-state index contributed by atoms with van der Waals surface area (Å²) in [6.07, 6.45) is 1.20. The highest BCUT2D eigenvalue weighted by molar-refractivity contribution is 5.95. The van der Waals surface area contributed by atoms with E-state index in [1.807, 2.05) is 31.2 Å². The van der Waals surface area contributed by atoms with Crippen LogP contribution in [0.25, 0.3) is 22.1 Å². The molecular formula is C21H19NO5. The molecule has 1 aromatic heterocycles. The number of hydrogen-bond donors (Lipinski definition) is 1. The van der Waals surface area contributed by atoms with Crippen molar-refractivity contribution in [3.63, 3.8) is 0 Å². The Labute approximate surface area is 156 Å². The summed E-state index contributed by atoms with van der Waals surface area (Å²) in [6.45, 7) is 1.98. The van der Waals surface area contributed by atoms with E-state index >= 15 is 0 Å². The number of benzene rings is 2. The number of rotatable bonds is 5. The molecule has 6 heteroatoms. The Bertz CT molecular complexity index is 1080. The monoisotopic (exact) mass is 365 g/mol. The molecule has 138 valence electrons. The normalized spacial score (nSPS) is 11.3. The standard InChI is InChI=1S/C21H19NO5/c1-13-6-4-5-7-15(13)17-11-20(23)27-18-10-14(8-9-16(17)18)26-19(12-25-3)21(24)22-2/h4-12H,1-3H3,(H,22,24)/b19-12+. The van der Waals surface area contributed by atoms with E-state index in [1.54, 1.807) is 18.2 Å². The molecule has 0 unspecified atom stereocenters. The molecule has 0 fully saturated rings. The van der Waals surface area contributed by atoms with Crippen molar-refractivity contribution >= 4 is 16.9 Å². The van der Waals surface area contributed by atoms with Crippen molar-refractivity contribution in [1.82, 2.24) is 5.32 Å². The van der Waals surface area contributed by atoms with Crippen molar-refractivity contribution < 1.29 is 18.7 Å². The largest absolute Gasteiger partial charge is 0.500 e. The zero-order valence-electron chi connectivity index (χ0n) is 15.2. The number of aryl methyl sites for hydroxylation is 1. The first-order valence-corrected chi connectivity index (χ1v) is 8.30. The third kappa shape index (κ3) is 3.84. The van der Waals surface area contributed by atoms with Crippen molar-refractivity contribution in [2.24, 2.45) is 0 Å². The van der Waals surface area contributed by atoms with Crippen molar-refractivity contribution in [3.8, 4) is 16.9 Å². The van der Waals surface area contributed by atoms with Gasteiger partial charge in [-0.05, 0) is 30.2 Å². The van der Waals surface area contributed by atoms with Crippen LogP contribution in [0.3, 0.4) is 0 Å². The lowest BCUT2D eigenvalue weighted by molar-refractivity contribution is -0.119. The molecular weight excluding hydrogens is 346 g/mol. The Morgan fingerprint density at radius 2 is 1.89 bits per heavy atom. The van der Waals surface area contributed by atoms with E-state index in [-0.39, 0.29) is 5.76 Å². The fourth-order valence-electron chi connectivity index (χ4n) is 2.79. The van der Waals surface area contributed by atoms with Crippen LogP contribution >= 0.6 is 0 Å². The summed E-state index contributed by atoms with van der Waals surface area (Å²) in [5.41, 5.74) is 2.69. The van der Waals surface area contributed by atoms with Crippen molar-refractivity contribution in [2.45, 2.75) is 6.92 Å². The summed E-state index contributed by atoms with van der Waals surface area (Å²) >= 11 is 0. The first kappa shape index (κ1) is 18.3. The van der Waals surface area contributed by atoms with Gasteiger partial charge in [0, 0.05) is 30.1 Å². The molecule has 0 saturated heterocycles. The molecule has 0 saturated carbocycles. The van der Waals surface area contributed by atoms with Gasteiger partial charge in [-0.15, -0.1) is 0 Å². The minimum atomic E-state index is -0.461. The third-order valence-electron chi connectivity index (χ3n) is 4.05. The van der Waals surface area contributed by atoms with Crippen LogP contribution in [0.2, 0.25) is 0 Å². The zero-order valence-corrected chi connectivity index (χ0v) is 15.2. The van der Waals surface area contributed by atoms with Gasteiger partial charge < -0.3 is 19.2 Å². The van der Waals surface area contributed by atoms with Crippen LogP contribution in [-0.4, -0.2) is 20.1 Å². The lowest BCUT2D eigenvalue weighted by Crippen LogP contribution is -2.23. The van der Waals surface area contributed by atoms with Crippen LogP contribution in [0.5, 0.6) is 5.75 Å². The van der Waals surface area contributed by atoms with Gasteiger partial charge >= 0.3 is 5.63 Å². The quantitative estimate of drug-likeness (QED) is 0.426. The van der Waals surface area contributed by atoms with Crippen LogP contribution in [0.15, 0.2) is 69.8 Å². The summed E-state index contributed by atoms with van der Waals surface area (Å²) < 4.78 is 15.8. The highest BCUT2D eigenvalue weighted by atomic mass is 16.5. The maximum absolute atomic E-state index is 12.1. The highest BCUT2D eigenvalue weighted by Gasteiger charge is 2.14. The highest BCUT2D eigenvalue weighted by Crippen LogP contribution is 2.31. The predicted molar refractivity (Wildman–Crippen MR) is 102 cm³/mol. The third-order valence-corrected chi connectivity index (χ3v) is 4.05. The number of carbonyl (C=O) groups excluding carboxylic acids is 1. The Morgan fingerprint density at radius 3 is 2.59 bits per heavy atom. The number of likely N-dealkylation sites (N-methyl/N-ethyl adjacent to an activating group) is 1. The SMILES string of the molecule is CNC(=O)/C(=C\OC)Oc1ccc2c(-c3ccccc3C)cc(=O)oc2c1. The molecule has 2 aromatic carbocycles. The summed E-state index contributed by atoms with van der Waals surface area (Å²) in [4.78, 5) is 23.9. The fourth-order valence-corrected chi connectivity index (χ4v) is 2.79. The van der Waals surface area contributed by atoms with E-state index < -0.39 is 11.5 Å². The van der Waals surface area contributed by atoms with Gasteiger partial charge in [-0.3, -0.25) is 4.79 Å². The average Bonchev–Trinajstić information content (AvgIpc) is 2.66. The van der Waals surface area contributed by atoms with Gasteiger partial charge in [-0.2, -0.15) is 0 Å². The molecule has 0 aliphatic rings. The molecule has 1 heterocycles. The van der Waals surface area contributed by atoms with Crippen LogP contribution in [0.4, 0.5) is 0 Å². The molecule has 0 atom stereocenters. The molecule has 6 nitrogen and oxygen atoms in total. The van der Waals surface area contributed by atoms with E-state index in [4.69, 9.17) is 13.9 Å². The van der Waals surface area contributed by atoms with E-state index in [9.17, 15) is 9.59 Å². The van der Waals surface area contributed by atoms with E-state index in [0.717, 1.165) is 22.1 Å². The van der Waals surface area contributed by atoms with Gasteiger partial charge in [0.05, 0.1) is 7.11 Å². The van der Waals surface area contributed by atoms with Crippen LogP contribution < -0.4 is 15.7 Å². The first-order valence-electron chi connectivity index (χ1n) is 8.30. The summed E-state index contributed by atoms with van der Waals surface area (Å²) in [6, 6.07) is 14.4. The Morgan fingerprint density at radius 1 is 1.11 bits per heavy atom. The topological polar surface area (TPSA) is 77.8 Å². The number of nitrogens with one attached hydrogen (secondary N) is 1. The van der Waals surface area contributed by atoms with Crippen molar-refractivity contribution in [1.29, 1.82) is 0 Å². The Kier molecular flexibility index (Phi) is 5.26. The summed E-state index contributed by atoms with van der Waals surface area (Å²) in [5.74, 6) is -0.108. The molecule has 0 aliphatic carbocycles. The molecule has 0 spiro atoms. The van der Waals surface area contributed by atoms with Crippen molar-refractivity contribution in [2.75, 3.05) is 14.2 Å². The van der Waals surface area contributed by atoms with Crippen LogP contribution in [0.1, 0.15) is 5.56 Å². The van der Waals surface area contributed by atoms with Gasteiger partial charge in [-0.1, -0.05) is 24.3 Å². The second-order valence-electron chi connectivity index (χ2n) is 5.85. The van der Waals surface area contributed by atoms with Gasteiger partial charge in [0.1, 0.15) is 17.6 Å². The molecule has 27 heavy (non-hydrogen) atoms. The molecule has 1 N–H and O–H groups in total. The summed E-state index contributed by atoms with van der Waals surface area (Å²) in [5, 5.41) is 3.24. The maximum Gasteiger partial charge on any atom is 0.336 e. The number of amides is 1. The Balaban J connectivity index is 2.09. The fraction of sp³-hybridized carbons (Fsp3) is 0.143. The van der Waals surface area contributed by atoms with E-state index in [2.05, 4.69) is 5.32 Å². The molecule has 3 rings (SSSR count). The number of ether oxygens (including phenoxy) is 2. The van der Waals surface area contributed by atoms with E-state index in [1.165, 1.54) is 26.5 Å². The minimum absolute atomic E-state index is 0.0169. The van der Waals surface area contributed by atoms with Crippen LogP contribution in [0, 0.1) is 6.92 Å². The molecule has 0 radical (unpaired) electrons. The first-order chi connectivity index (χ1) is 13.0. The van der Waals surface area contributed by atoms with Gasteiger partial charge in [0.25, 0.3) is 5.91 Å². The van der Waals surface area contributed by atoms with Crippen LogP contribution in [-0.2, 0) is 9.53 Å². The maximum atomic E-state index is 12.1. The van der Waals surface area contributed by atoms with E-state index in [0.29, 0.717) is 11.3 Å². The lowest BCUT2D eigenvalue weighted by atomic mass is 9.98. The van der Waals surface area contributed by atoms with Gasteiger partial charge in [-0.25, -0.2) is 4.79 Å². The van der Waals surface area contributed by atoms with Crippen molar-refractivity contribution in [3.05, 3.63) is 76.5 Å².